The SMILES string of the molecule is OBOc1ccncc1. The third kappa shape index (κ3) is 1.73. The molecule has 1 aromatic rings. The van der Waals surface area contributed by atoms with Crippen LogP contribution in [0.5, 0.6) is 5.75 Å². The quantitative estimate of drug-likeness (QED) is 0.549. The number of pyridine rings is 1. The van der Waals surface area contributed by atoms with E-state index >= 15 is 0 Å². The van der Waals surface area contributed by atoms with E-state index in [0.717, 1.165) is 0 Å². The summed E-state index contributed by atoms with van der Waals surface area (Å²) in [4.78, 5) is 3.77. The molecule has 0 spiro atoms. The van der Waals surface area contributed by atoms with Crippen molar-refractivity contribution in [2.24, 2.45) is 0 Å². The van der Waals surface area contributed by atoms with Gasteiger partial charge in [0.2, 0.25) is 0 Å². The molecule has 1 rings (SSSR count). The molecule has 46 valence electrons. The Morgan fingerprint density at radius 1 is 1.44 bits per heavy atom. The molecule has 0 bridgehead atoms. The Bertz CT molecular complexity index is 168. The van der Waals surface area contributed by atoms with Crippen LogP contribution in [-0.2, 0) is 0 Å². The monoisotopic (exact) mass is 123 g/mol. The zero-order valence-corrected chi connectivity index (χ0v) is 4.82. The minimum absolute atomic E-state index is 0.288. The van der Waals surface area contributed by atoms with Crippen LogP contribution in [0.1, 0.15) is 0 Å². The first-order valence-electron chi connectivity index (χ1n) is 2.57. The van der Waals surface area contributed by atoms with Gasteiger partial charge in [-0.05, 0) is 12.1 Å². The molecular weight excluding hydrogens is 117 g/mol. The van der Waals surface area contributed by atoms with E-state index in [1.54, 1.807) is 24.5 Å². The molecule has 0 aromatic carbocycles. The van der Waals surface area contributed by atoms with Crippen molar-refractivity contribution < 1.29 is 9.68 Å². The lowest BCUT2D eigenvalue weighted by Gasteiger charge is -1.97. The Morgan fingerprint density at radius 3 is 2.67 bits per heavy atom. The van der Waals surface area contributed by atoms with Gasteiger partial charge in [-0.15, -0.1) is 0 Å². The van der Waals surface area contributed by atoms with Gasteiger partial charge in [0.25, 0.3) is 0 Å². The van der Waals surface area contributed by atoms with Crippen LogP contribution in [0.25, 0.3) is 0 Å². The van der Waals surface area contributed by atoms with Gasteiger partial charge in [-0.1, -0.05) is 0 Å². The van der Waals surface area contributed by atoms with Crippen molar-refractivity contribution in [1.82, 2.24) is 4.98 Å². The van der Waals surface area contributed by atoms with Crippen LogP contribution in [0.3, 0.4) is 0 Å². The van der Waals surface area contributed by atoms with Crippen LogP contribution < -0.4 is 4.65 Å². The highest BCUT2D eigenvalue weighted by Crippen LogP contribution is 2.04. The minimum atomic E-state index is -0.288. The molecular formula is C5H6BNO2. The molecule has 3 nitrogen and oxygen atoms in total. The standard InChI is InChI=1S/C5H6BNO2/c8-6-9-5-1-3-7-4-2-5/h1-4,6,8H. The number of hydrogen-bond donors (Lipinski definition) is 1. The summed E-state index contributed by atoms with van der Waals surface area (Å²) < 4.78 is 4.72. The molecule has 9 heavy (non-hydrogen) atoms. The predicted molar refractivity (Wildman–Crippen MR) is 34.2 cm³/mol. The zero-order valence-electron chi connectivity index (χ0n) is 4.82. The lowest BCUT2D eigenvalue weighted by Crippen LogP contribution is -1.98. The van der Waals surface area contributed by atoms with Gasteiger partial charge >= 0.3 is 7.69 Å². The van der Waals surface area contributed by atoms with Gasteiger partial charge in [0.05, 0.1) is 0 Å². The Hall–Kier alpha value is -1.03. The fraction of sp³-hybridized carbons (Fsp3) is 0. The lowest BCUT2D eigenvalue weighted by molar-refractivity contribution is 0.453. The van der Waals surface area contributed by atoms with Gasteiger partial charge in [0, 0.05) is 12.4 Å². The molecule has 0 fully saturated rings. The van der Waals surface area contributed by atoms with Crippen LogP contribution >= 0.6 is 0 Å². The fourth-order valence-corrected chi connectivity index (χ4v) is 0.509. The third-order valence-corrected chi connectivity index (χ3v) is 0.881. The second-order valence-corrected chi connectivity index (χ2v) is 1.46. The van der Waals surface area contributed by atoms with Gasteiger partial charge in [-0.25, -0.2) is 0 Å². The van der Waals surface area contributed by atoms with Gasteiger partial charge in [0.1, 0.15) is 5.75 Å². The molecule has 0 unspecified atom stereocenters. The molecule has 0 aliphatic rings. The van der Waals surface area contributed by atoms with E-state index in [1.165, 1.54) is 0 Å². The maximum Gasteiger partial charge on any atom is 0.504 e. The summed E-state index contributed by atoms with van der Waals surface area (Å²) in [6.45, 7) is 0. The molecule has 0 aliphatic heterocycles. The van der Waals surface area contributed by atoms with Crippen molar-refractivity contribution in [2.75, 3.05) is 0 Å². The lowest BCUT2D eigenvalue weighted by atomic mass is 10.4. The van der Waals surface area contributed by atoms with Crippen molar-refractivity contribution in [3.8, 4) is 5.75 Å². The van der Waals surface area contributed by atoms with Crippen molar-refractivity contribution in [2.45, 2.75) is 0 Å². The van der Waals surface area contributed by atoms with Crippen LogP contribution in [0.4, 0.5) is 0 Å². The summed E-state index contributed by atoms with van der Waals surface area (Å²) in [6.07, 6.45) is 3.20. The fourth-order valence-electron chi connectivity index (χ4n) is 0.509. The van der Waals surface area contributed by atoms with Gasteiger partial charge in [-0.2, -0.15) is 0 Å². The van der Waals surface area contributed by atoms with Crippen LogP contribution in [0.2, 0.25) is 0 Å². The summed E-state index contributed by atoms with van der Waals surface area (Å²) in [5.74, 6) is 0.632. The first kappa shape index (κ1) is 6.10. The molecule has 0 aliphatic carbocycles. The first-order valence-corrected chi connectivity index (χ1v) is 2.57. The molecule has 0 saturated heterocycles. The normalized spacial score (nSPS) is 8.56. The summed E-state index contributed by atoms with van der Waals surface area (Å²) in [5, 5.41) is 8.28. The summed E-state index contributed by atoms with van der Waals surface area (Å²) in [5.41, 5.74) is 0. The van der Waals surface area contributed by atoms with Crippen LogP contribution in [-0.4, -0.2) is 17.7 Å². The topological polar surface area (TPSA) is 42.4 Å². The number of hydrogen-bond acceptors (Lipinski definition) is 3. The number of nitrogens with zero attached hydrogens (tertiary/aromatic N) is 1. The van der Waals surface area contributed by atoms with Crippen molar-refractivity contribution >= 4 is 7.69 Å². The van der Waals surface area contributed by atoms with Gasteiger partial charge < -0.3 is 9.68 Å². The summed E-state index contributed by atoms with van der Waals surface area (Å²) in [7, 11) is -0.288. The highest BCUT2D eigenvalue weighted by atomic mass is 16.5. The highest BCUT2D eigenvalue weighted by Gasteiger charge is 1.87. The third-order valence-electron chi connectivity index (χ3n) is 0.881. The van der Waals surface area contributed by atoms with Crippen molar-refractivity contribution in [1.29, 1.82) is 0 Å². The minimum Gasteiger partial charge on any atom is -0.539 e. The molecule has 0 radical (unpaired) electrons. The van der Waals surface area contributed by atoms with Crippen molar-refractivity contribution in [3.05, 3.63) is 24.5 Å². The largest absolute Gasteiger partial charge is 0.539 e. The smallest absolute Gasteiger partial charge is 0.504 e. The average molecular weight is 123 g/mol. The average Bonchev–Trinajstić information content (AvgIpc) is 1.91. The highest BCUT2D eigenvalue weighted by molar-refractivity contribution is 6.17. The van der Waals surface area contributed by atoms with E-state index in [9.17, 15) is 0 Å². The molecule has 1 N–H and O–H groups in total. The molecule has 1 aromatic heterocycles. The van der Waals surface area contributed by atoms with Crippen molar-refractivity contribution in [3.63, 3.8) is 0 Å². The maximum absolute atomic E-state index is 8.28. The molecule has 0 atom stereocenters. The number of rotatable bonds is 2. The first-order chi connectivity index (χ1) is 4.43. The maximum atomic E-state index is 8.28. The Kier molecular flexibility index (Phi) is 2.10. The predicted octanol–water partition coefficient (Wildman–Crippen LogP) is -0.281. The van der Waals surface area contributed by atoms with Gasteiger partial charge in [-0.3, -0.25) is 4.98 Å². The van der Waals surface area contributed by atoms with E-state index in [-0.39, 0.29) is 7.69 Å². The van der Waals surface area contributed by atoms with E-state index < -0.39 is 0 Å². The molecule has 0 saturated carbocycles. The zero-order chi connectivity index (χ0) is 6.53. The van der Waals surface area contributed by atoms with E-state index in [1.807, 2.05) is 0 Å². The molecule has 4 heteroatoms. The van der Waals surface area contributed by atoms with E-state index in [4.69, 9.17) is 9.68 Å². The Balaban J connectivity index is 2.61. The summed E-state index contributed by atoms with van der Waals surface area (Å²) >= 11 is 0. The van der Waals surface area contributed by atoms with Crippen LogP contribution in [0.15, 0.2) is 24.5 Å². The second kappa shape index (κ2) is 3.09. The number of aromatic nitrogens is 1. The second-order valence-electron chi connectivity index (χ2n) is 1.46. The van der Waals surface area contributed by atoms with E-state index in [2.05, 4.69) is 4.98 Å². The van der Waals surface area contributed by atoms with Gasteiger partial charge in [0.15, 0.2) is 0 Å². The Labute approximate surface area is 53.6 Å². The Morgan fingerprint density at radius 2 is 2.11 bits per heavy atom. The van der Waals surface area contributed by atoms with E-state index in [0.29, 0.717) is 5.75 Å². The molecule has 0 amide bonds. The molecule has 1 heterocycles. The summed E-state index contributed by atoms with van der Waals surface area (Å²) in [6, 6.07) is 3.35. The van der Waals surface area contributed by atoms with Crippen LogP contribution in [0, 0.1) is 0 Å².